The molecule has 4 heteroatoms. The number of benzene rings is 2. The van der Waals surface area contributed by atoms with Crippen molar-refractivity contribution in [3.05, 3.63) is 65.2 Å². The van der Waals surface area contributed by atoms with E-state index in [1.54, 1.807) is 0 Å². The summed E-state index contributed by atoms with van der Waals surface area (Å²) in [6.45, 7) is 0.615. The molecule has 2 amide bonds. The van der Waals surface area contributed by atoms with Crippen molar-refractivity contribution in [2.24, 2.45) is 0 Å². The Morgan fingerprint density at radius 1 is 1.00 bits per heavy atom. The summed E-state index contributed by atoms with van der Waals surface area (Å²) >= 11 is 6.07. The highest BCUT2D eigenvalue weighted by Crippen LogP contribution is 2.16. The maximum absolute atomic E-state index is 11.6. The molecule has 0 aliphatic carbocycles. The molecular formula is C16H17ClN2O. The summed E-state index contributed by atoms with van der Waals surface area (Å²) < 4.78 is 0. The van der Waals surface area contributed by atoms with Crippen molar-refractivity contribution in [2.75, 3.05) is 11.9 Å². The number of hydrogen-bond donors (Lipinski definition) is 2. The molecule has 20 heavy (non-hydrogen) atoms. The first kappa shape index (κ1) is 14.4. The van der Waals surface area contributed by atoms with Gasteiger partial charge in [0.1, 0.15) is 0 Å². The van der Waals surface area contributed by atoms with E-state index in [1.165, 1.54) is 0 Å². The number of nitrogens with one attached hydrogen (secondary N) is 2. The van der Waals surface area contributed by atoms with E-state index in [4.69, 9.17) is 11.6 Å². The van der Waals surface area contributed by atoms with Crippen LogP contribution in [0, 0.1) is 0 Å². The highest BCUT2D eigenvalue weighted by molar-refractivity contribution is 6.31. The highest BCUT2D eigenvalue weighted by Gasteiger charge is 2.01. The molecule has 0 saturated carbocycles. The monoisotopic (exact) mass is 288 g/mol. The van der Waals surface area contributed by atoms with Crippen LogP contribution in [0.1, 0.15) is 12.0 Å². The third kappa shape index (κ3) is 4.59. The molecule has 0 unspecified atom stereocenters. The zero-order chi connectivity index (χ0) is 14.2. The van der Waals surface area contributed by atoms with Gasteiger partial charge in [-0.3, -0.25) is 0 Å². The van der Waals surface area contributed by atoms with Crippen molar-refractivity contribution in [3.63, 3.8) is 0 Å². The minimum absolute atomic E-state index is 0.185. The number of halogens is 1. The van der Waals surface area contributed by atoms with Gasteiger partial charge in [0.05, 0.1) is 0 Å². The average molecular weight is 289 g/mol. The fourth-order valence-corrected chi connectivity index (χ4v) is 2.11. The van der Waals surface area contributed by atoms with Crippen LogP contribution >= 0.6 is 11.6 Å². The summed E-state index contributed by atoms with van der Waals surface area (Å²) in [7, 11) is 0. The van der Waals surface area contributed by atoms with E-state index in [2.05, 4.69) is 10.6 Å². The van der Waals surface area contributed by atoms with Crippen LogP contribution in [0.25, 0.3) is 0 Å². The number of rotatable bonds is 5. The van der Waals surface area contributed by atoms with Gasteiger partial charge in [-0.15, -0.1) is 0 Å². The zero-order valence-corrected chi connectivity index (χ0v) is 11.9. The molecule has 0 aliphatic heterocycles. The molecule has 0 spiro atoms. The second kappa shape index (κ2) is 7.56. The van der Waals surface area contributed by atoms with Crippen LogP contribution in [-0.2, 0) is 6.42 Å². The average Bonchev–Trinajstić information content (AvgIpc) is 2.46. The van der Waals surface area contributed by atoms with Crippen molar-refractivity contribution in [1.29, 1.82) is 0 Å². The molecule has 3 nitrogen and oxygen atoms in total. The number of carbonyl (C=O) groups excluding carboxylic acids is 1. The Hall–Kier alpha value is -2.00. The molecule has 0 atom stereocenters. The van der Waals surface area contributed by atoms with Gasteiger partial charge in [0, 0.05) is 17.3 Å². The number of anilines is 1. The molecule has 0 fully saturated rings. The summed E-state index contributed by atoms with van der Waals surface area (Å²) in [6, 6.07) is 17.0. The van der Waals surface area contributed by atoms with Crippen molar-refractivity contribution in [2.45, 2.75) is 12.8 Å². The van der Waals surface area contributed by atoms with Gasteiger partial charge in [0.25, 0.3) is 0 Å². The maximum atomic E-state index is 11.6. The van der Waals surface area contributed by atoms with Crippen molar-refractivity contribution >= 4 is 23.3 Å². The number of carbonyl (C=O) groups is 1. The van der Waals surface area contributed by atoms with Crippen molar-refractivity contribution < 1.29 is 4.79 Å². The summed E-state index contributed by atoms with van der Waals surface area (Å²) in [5.41, 5.74) is 1.90. The Labute approximate surface area is 124 Å². The SMILES string of the molecule is O=C(NCCCc1ccccc1Cl)Nc1ccccc1. The Bertz CT molecular complexity index is 557. The Kier molecular flexibility index (Phi) is 5.44. The molecule has 2 aromatic rings. The number of urea groups is 1. The van der Waals surface area contributed by atoms with Gasteiger partial charge >= 0.3 is 6.03 Å². The van der Waals surface area contributed by atoms with Crippen LogP contribution in [0.4, 0.5) is 10.5 Å². The molecule has 2 N–H and O–H groups in total. The van der Waals surface area contributed by atoms with E-state index < -0.39 is 0 Å². The predicted molar refractivity (Wildman–Crippen MR) is 83.2 cm³/mol. The van der Waals surface area contributed by atoms with E-state index >= 15 is 0 Å². The lowest BCUT2D eigenvalue weighted by atomic mass is 10.1. The number of hydrogen-bond acceptors (Lipinski definition) is 1. The lowest BCUT2D eigenvalue weighted by molar-refractivity contribution is 0.252. The summed E-state index contributed by atoms with van der Waals surface area (Å²) in [6.07, 6.45) is 1.71. The molecule has 0 aromatic heterocycles. The summed E-state index contributed by atoms with van der Waals surface area (Å²) in [5.74, 6) is 0. The van der Waals surface area contributed by atoms with Crippen LogP contribution < -0.4 is 10.6 Å². The topological polar surface area (TPSA) is 41.1 Å². The third-order valence-electron chi connectivity index (χ3n) is 2.90. The molecule has 0 heterocycles. The van der Waals surface area contributed by atoms with E-state index in [1.807, 2.05) is 54.6 Å². The first-order valence-corrected chi connectivity index (χ1v) is 6.97. The lowest BCUT2D eigenvalue weighted by Crippen LogP contribution is -2.29. The quantitative estimate of drug-likeness (QED) is 0.799. The summed E-state index contributed by atoms with van der Waals surface area (Å²) in [5, 5.41) is 6.38. The lowest BCUT2D eigenvalue weighted by Gasteiger charge is -2.08. The molecule has 0 radical (unpaired) electrons. The number of para-hydroxylation sites is 1. The number of amides is 2. The maximum Gasteiger partial charge on any atom is 0.319 e. The van der Waals surface area contributed by atoms with Crippen LogP contribution in [0.2, 0.25) is 5.02 Å². The van der Waals surface area contributed by atoms with Gasteiger partial charge in [-0.2, -0.15) is 0 Å². The van der Waals surface area contributed by atoms with Crippen LogP contribution in [-0.4, -0.2) is 12.6 Å². The first-order valence-electron chi connectivity index (χ1n) is 6.59. The Morgan fingerprint density at radius 2 is 1.70 bits per heavy atom. The van der Waals surface area contributed by atoms with Crippen LogP contribution in [0.5, 0.6) is 0 Å². The van der Waals surface area contributed by atoms with Gasteiger partial charge in [-0.25, -0.2) is 4.79 Å². The van der Waals surface area contributed by atoms with Crippen LogP contribution in [0.15, 0.2) is 54.6 Å². The van der Waals surface area contributed by atoms with E-state index in [0.717, 1.165) is 29.1 Å². The zero-order valence-electron chi connectivity index (χ0n) is 11.1. The minimum atomic E-state index is -0.185. The standard InChI is InChI=1S/C16H17ClN2O/c17-15-11-5-4-7-13(15)8-6-12-18-16(20)19-14-9-2-1-3-10-14/h1-5,7,9-11H,6,8,12H2,(H2,18,19,20). The van der Waals surface area contributed by atoms with Crippen molar-refractivity contribution in [1.82, 2.24) is 5.32 Å². The third-order valence-corrected chi connectivity index (χ3v) is 3.27. The molecule has 2 aromatic carbocycles. The predicted octanol–water partition coefficient (Wildman–Crippen LogP) is 4.09. The van der Waals surface area contributed by atoms with Crippen LogP contribution in [0.3, 0.4) is 0 Å². The van der Waals surface area contributed by atoms with Crippen molar-refractivity contribution in [3.8, 4) is 0 Å². The van der Waals surface area contributed by atoms with E-state index in [9.17, 15) is 4.79 Å². The van der Waals surface area contributed by atoms with Gasteiger partial charge < -0.3 is 10.6 Å². The molecule has 104 valence electrons. The molecule has 0 aliphatic rings. The van der Waals surface area contributed by atoms with E-state index in [0.29, 0.717) is 6.54 Å². The van der Waals surface area contributed by atoms with E-state index in [-0.39, 0.29) is 6.03 Å². The first-order chi connectivity index (χ1) is 9.75. The molecule has 0 saturated heterocycles. The van der Waals surface area contributed by atoms with Gasteiger partial charge in [-0.05, 0) is 36.6 Å². The van der Waals surface area contributed by atoms with Gasteiger partial charge in [-0.1, -0.05) is 48.0 Å². The molecule has 0 bridgehead atoms. The van der Waals surface area contributed by atoms with Gasteiger partial charge in [0.15, 0.2) is 0 Å². The van der Waals surface area contributed by atoms with Gasteiger partial charge in [0.2, 0.25) is 0 Å². The second-order valence-corrected chi connectivity index (χ2v) is 4.85. The second-order valence-electron chi connectivity index (χ2n) is 4.44. The normalized spacial score (nSPS) is 10.1. The fourth-order valence-electron chi connectivity index (χ4n) is 1.88. The Morgan fingerprint density at radius 3 is 2.45 bits per heavy atom. The summed E-state index contributed by atoms with van der Waals surface area (Å²) in [4.78, 5) is 11.6. The highest BCUT2D eigenvalue weighted by atomic mass is 35.5. The fraction of sp³-hybridized carbons (Fsp3) is 0.188. The smallest absolute Gasteiger partial charge is 0.319 e. The number of aryl methyl sites for hydroxylation is 1. The Balaban J connectivity index is 1.69. The largest absolute Gasteiger partial charge is 0.338 e. The minimum Gasteiger partial charge on any atom is -0.338 e. The molecule has 2 rings (SSSR count). The molecular weight excluding hydrogens is 272 g/mol.